The molecule has 120 valence electrons. The highest BCUT2D eigenvalue weighted by Gasteiger charge is 2.32. The van der Waals surface area contributed by atoms with Crippen molar-refractivity contribution in [3.05, 3.63) is 35.4 Å². The number of ether oxygens (including phenoxy) is 3. The largest absolute Gasteiger partial charge is 0.380 e. The van der Waals surface area contributed by atoms with E-state index in [2.05, 4.69) is 0 Å². The minimum Gasteiger partial charge on any atom is -0.380 e. The molecule has 2 heterocycles. The van der Waals surface area contributed by atoms with Crippen molar-refractivity contribution in [3.8, 4) is 0 Å². The van der Waals surface area contributed by atoms with E-state index in [1.54, 1.807) is 7.11 Å². The highest BCUT2D eigenvalue weighted by Crippen LogP contribution is 2.27. The number of amides is 1. The second-order valence-electron chi connectivity index (χ2n) is 5.83. The number of nitrogens with zero attached hydrogens (tertiary/aromatic N) is 1. The number of hydrogen-bond acceptors (Lipinski definition) is 4. The van der Waals surface area contributed by atoms with Gasteiger partial charge in [-0.1, -0.05) is 18.2 Å². The van der Waals surface area contributed by atoms with Gasteiger partial charge in [0, 0.05) is 31.7 Å². The Morgan fingerprint density at radius 1 is 1.23 bits per heavy atom. The Balaban J connectivity index is 1.62. The first-order valence-electron chi connectivity index (χ1n) is 7.89. The number of piperidine rings is 1. The summed E-state index contributed by atoms with van der Waals surface area (Å²) >= 11 is 0. The molecule has 1 aromatic carbocycles. The molecule has 2 fully saturated rings. The number of carbonyl (C=O) groups excluding carboxylic acids is 1. The molecule has 0 unspecified atom stereocenters. The minimum atomic E-state index is -0.0713. The van der Waals surface area contributed by atoms with Crippen molar-refractivity contribution < 1.29 is 19.0 Å². The molecule has 2 saturated heterocycles. The molecule has 0 N–H and O–H groups in total. The summed E-state index contributed by atoms with van der Waals surface area (Å²) in [5, 5.41) is 0. The molecule has 22 heavy (non-hydrogen) atoms. The summed E-state index contributed by atoms with van der Waals surface area (Å²) in [5.41, 5.74) is 1.69. The van der Waals surface area contributed by atoms with Crippen molar-refractivity contribution in [2.45, 2.75) is 25.7 Å². The van der Waals surface area contributed by atoms with E-state index in [9.17, 15) is 4.79 Å². The fraction of sp³-hybridized carbons (Fsp3) is 0.588. The number of methoxy groups -OCH3 is 1. The molecule has 3 rings (SSSR count). The smallest absolute Gasteiger partial charge is 0.254 e. The van der Waals surface area contributed by atoms with Gasteiger partial charge in [-0.05, 0) is 24.5 Å². The van der Waals surface area contributed by atoms with Crippen LogP contribution in [-0.4, -0.2) is 50.5 Å². The highest BCUT2D eigenvalue weighted by molar-refractivity contribution is 5.95. The molecule has 0 aromatic heterocycles. The average molecular weight is 305 g/mol. The molecule has 5 heteroatoms. The molecule has 2 aliphatic heterocycles. The first-order chi connectivity index (χ1) is 10.8. The molecule has 0 radical (unpaired) electrons. The molecule has 0 saturated carbocycles. The second kappa shape index (κ2) is 7.22. The Hall–Kier alpha value is -1.43. The van der Waals surface area contributed by atoms with Crippen LogP contribution in [0.3, 0.4) is 0 Å². The van der Waals surface area contributed by atoms with E-state index in [0.717, 1.165) is 37.1 Å². The lowest BCUT2D eigenvalue weighted by molar-refractivity contribution is -0.0956. The second-order valence-corrected chi connectivity index (χ2v) is 5.83. The maximum atomic E-state index is 12.7. The lowest BCUT2D eigenvalue weighted by Crippen LogP contribution is -2.41. The van der Waals surface area contributed by atoms with Gasteiger partial charge in [0.15, 0.2) is 6.29 Å². The molecule has 0 aliphatic carbocycles. The molecule has 0 spiro atoms. The Morgan fingerprint density at radius 3 is 2.59 bits per heavy atom. The van der Waals surface area contributed by atoms with E-state index in [0.29, 0.717) is 25.7 Å². The summed E-state index contributed by atoms with van der Waals surface area (Å²) in [6.07, 6.45) is 1.80. The van der Waals surface area contributed by atoms with E-state index in [1.165, 1.54) is 0 Å². The summed E-state index contributed by atoms with van der Waals surface area (Å²) in [7, 11) is 1.65. The Kier molecular flexibility index (Phi) is 5.08. The van der Waals surface area contributed by atoms with Gasteiger partial charge in [0.05, 0.1) is 19.8 Å². The van der Waals surface area contributed by atoms with Crippen LogP contribution in [0.5, 0.6) is 0 Å². The van der Waals surface area contributed by atoms with Crippen LogP contribution in [0.1, 0.15) is 28.8 Å². The van der Waals surface area contributed by atoms with Crippen LogP contribution in [0.25, 0.3) is 0 Å². The van der Waals surface area contributed by atoms with Crippen LogP contribution in [0.15, 0.2) is 24.3 Å². The normalized spacial score (nSPS) is 20.5. The van der Waals surface area contributed by atoms with E-state index in [1.807, 2.05) is 29.2 Å². The average Bonchev–Trinajstić information content (AvgIpc) is 3.10. The van der Waals surface area contributed by atoms with Gasteiger partial charge in [-0.2, -0.15) is 0 Å². The predicted molar refractivity (Wildman–Crippen MR) is 81.5 cm³/mol. The molecular formula is C17H23NO4. The van der Waals surface area contributed by atoms with Crippen molar-refractivity contribution in [3.63, 3.8) is 0 Å². The fourth-order valence-electron chi connectivity index (χ4n) is 3.20. The fourth-order valence-corrected chi connectivity index (χ4v) is 3.20. The monoisotopic (exact) mass is 305 g/mol. The molecule has 1 amide bonds. The van der Waals surface area contributed by atoms with Crippen molar-refractivity contribution in [1.29, 1.82) is 0 Å². The van der Waals surface area contributed by atoms with Crippen LogP contribution in [0.2, 0.25) is 0 Å². The van der Waals surface area contributed by atoms with E-state index < -0.39 is 0 Å². The van der Waals surface area contributed by atoms with Crippen molar-refractivity contribution >= 4 is 5.91 Å². The first kappa shape index (κ1) is 15.5. The van der Waals surface area contributed by atoms with Crippen LogP contribution >= 0.6 is 0 Å². The molecule has 2 aliphatic rings. The van der Waals surface area contributed by atoms with Gasteiger partial charge in [0.25, 0.3) is 5.91 Å². The standard InChI is InChI=1S/C17H23NO4/c1-20-12-14-4-2-3-5-15(14)16(19)18-8-6-13(7-9-18)17-21-10-11-22-17/h2-5,13,17H,6-12H2,1H3. The zero-order chi connectivity index (χ0) is 15.4. The van der Waals surface area contributed by atoms with E-state index in [-0.39, 0.29) is 12.2 Å². The lowest BCUT2D eigenvalue weighted by atomic mass is 9.95. The first-order valence-corrected chi connectivity index (χ1v) is 7.89. The van der Waals surface area contributed by atoms with Gasteiger partial charge in [-0.15, -0.1) is 0 Å². The van der Waals surface area contributed by atoms with E-state index >= 15 is 0 Å². The van der Waals surface area contributed by atoms with Crippen molar-refractivity contribution in [1.82, 2.24) is 4.90 Å². The van der Waals surface area contributed by atoms with Crippen LogP contribution in [0, 0.1) is 5.92 Å². The lowest BCUT2D eigenvalue weighted by Gasteiger charge is -2.34. The van der Waals surface area contributed by atoms with Gasteiger partial charge in [0.2, 0.25) is 0 Å². The Morgan fingerprint density at radius 2 is 1.91 bits per heavy atom. The summed E-state index contributed by atoms with van der Waals surface area (Å²) in [5.74, 6) is 0.500. The summed E-state index contributed by atoms with van der Waals surface area (Å²) < 4.78 is 16.4. The topological polar surface area (TPSA) is 48.0 Å². The maximum Gasteiger partial charge on any atom is 0.254 e. The molecule has 0 bridgehead atoms. The zero-order valence-electron chi connectivity index (χ0n) is 13.0. The number of carbonyl (C=O) groups is 1. The summed E-state index contributed by atoms with van der Waals surface area (Å²) in [6.45, 7) is 3.35. The van der Waals surface area contributed by atoms with Gasteiger partial charge < -0.3 is 19.1 Å². The molecule has 5 nitrogen and oxygen atoms in total. The number of likely N-dealkylation sites (tertiary alicyclic amines) is 1. The van der Waals surface area contributed by atoms with Crippen molar-refractivity contribution in [2.24, 2.45) is 5.92 Å². The third-order valence-corrected chi connectivity index (χ3v) is 4.41. The van der Waals surface area contributed by atoms with Crippen LogP contribution < -0.4 is 0 Å². The van der Waals surface area contributed by atoms with Gasteiger partial charge in [-0.25, -0.2) is 0 Å². The SMILES string of the molecule is COCc1ccccc1C(=O)N1CCC(C2OCCO2)CC1. The van der Waals surface area contributed by atoms with Crippen molar-refractivity contribution in [2.75, 3.05) is 33.4 Å². The predicted octanol–water partition coefficient (Wildman–Crippen LogP) is 2.06. The molecule has 1 aromatic rings. The number of rotatable bonds is 4. The van der Waals surface area contributed by atoms with Gasteiger partial charge in [-0.3, -0.25) is 4.79 Å². The quantitative estimate of drug-likeness (QED) is 0.854. The highest BCUT2D eigenvalue weighted by atomic mass is 16.7. The summed E-state index contributed by atoms with van der Waals surface area (Å²) in [6, 6.07) is 7.67. The number of hydrogen-bond donors (Lipinski definition) is 0. The molecular weight excluding hydrogens is 282 g/mol. The maximum absolute atomic E-state index is 12.7. The van der Waals surface area contributed by atoms with Crippen LogP contribution in [-0.2, 0) is 20.8 Å². The Bertz CT molecular complexity index is 505. The third kappa shape index (κ3) is 3.32. The van der Waals surface area contributed by atoms with E-state index in [4.69, 9.17) is 14.2 Å². The minimum absolute atomic E-state index is 0.0713. The zero-order valence-corrected chi connectivity index (χ0v) is 13.0. The third-order valence-electron chi connectivity index (χ3n) is 4.41. The Labute approximate surface area is 131 Å². The number of benzene rings is 1. The van der Waals surface area contributed by atoms with Gasteiger partial charge >= 0.3 is 0 Å². The van der Waals surface area contributed by atoms with Crippen LogP contribution in [0.4, 0.5) is 0 Å². The summed E-state index contributed by atoms with van der Waals surface area (Å²) in [4.78, 5) is 14.7. The molecule has 0 atom stereocenters. The van der Waals surface area contributed by atoms with Gasteiger partial charge in [0.1, 0.15) is 0 Å².